The number of carbonyl (C=O) groups is 1. The van der Waals surface area contributed by atoms with Gasteiger partial charge in [-0.25, -0.2) is 4.79 Å². The van der Waals surface area contributed by atoms with Gasteiger partial charge >= 0.3 is 6.03 Å². The van der Waals surface area contributed by atoms with Crippen molar-refractivity contribution in [2.75, 3.05) is 26.0 Å². The molecule has 27 heavy (non-hydrogen) atoms. The van der Waals surface area contributed by atoms with E-state index in [0.717, 1.165) is 48.6 Å². The van der Waals surface area contributed by atoms with Gasteiger partial charge in [0.2, 0.25) is 0 Å². The Bertz CT molecular complexity index is 717. The lowest BCUT2D eigenvalue weighted by Gasteiger charge is -2.20. The molecule has 0 aliphatic rings. The van der Waals surface area contributed by atoms with Gasteiger partial charge in [0.05, 0.1) is 6.10 Å². The minimum absolute atomic E-state index is 0.0107. The van der Waals surface area contributed by atoms with Crippen molar-refractivity contribution >= 4 is 23.3 Å². The predicted molar refractivity (Wildman–Crippen MR) is 113 cm³/mol. The van der Waals surface area contributed by atoms with Crippen molar-refractivity contribution in [2.45, 2.75) is 38.7 Å². The highest BCUT2D eigenvalue weighted by Gasteiger charge is 2.14. The minimum Gasteiger partial charge on any atom is -0.374 e. The molecule has 1 atom stereocenters. The van der Waals surface area contributed by atoms with Crippen LogP contribution >= 0.6 is 11.6 Å². The summed E-state index contributed by atoms with van der Waals surface area (Å²) in [5, 5.41) is 3.65. The molecule has 0 fully saturated rings. The van der Waals surface area contributed by atoms with Gasteiger partial charge in [0.1, 0.15) is 0 Å². The lowest BCUT2D eigenvalue weighted by Crippen LogP contribution is -2.27. The lowest BCUT2D eigenvalue weighted by molar-refractivity contribution is 0.0450. The van der Waals surface area contributed by atoms with E-state index in [9.17, 15) is 4.79 Å². The van der Waals surface area contributed by atoms with Crippen LogP contribution in [0.4, 0.5) is 10.5 Å². The third-order valence-electron chi connectivity index (χ3n) is 4.34. The van der Waals surface area contributed by atoms with Gasteiger partial charge in [0.15, 0.2) is 0 Å². The molecule has 0 saturated carbocycles. The summed E-state index contributed by atoms with van der Waals surface area (Å²) < 4.78 is 6.17. The first-order chi connectivity index (χ1) is 13.0. The highest BCUT2D eigenvalue weighted by molar-refractivity contribution is 6.30. The van der Waals surface area contributed by atoms with Crippen LogP contribution in [0.5, 0.6) is 0 Å². The number of anilines is 1. The van der Waals surface area contributed by atoms with Crippen LogP contribution in [-0.4, -0.2) is 31.6 Å². The highest BCUT2D eigenvalue weighted by Crippen LogP contribution is 2.26. The quantitative estimate of drug-likeness (QED) is 0.541. The Morgan fingerprint density at radius 1 is 1.19 bits per heavy atom. The molecular weight excluding hydrogens is 360 g/mol. The molecule has 0 aliphatic heterocycles. The van der Waals surface area contributed by atoms with Crippen LogP contribution < -0.4 is 5.32 Å². The second-order valence-electron chi connectivity index (χ2n) is 6.83. The molecule has 4 nitrogen and oxygen atoms in total. The Morgan fingerprint density at radius 3 is 2.59 bits per heavy atom. The fourth-order valence-electron chi connectivity index (χ4n) is 2.72. The van der Waals surface area contributed by atoms with Gasteiger partial charge in [-0.2, -0.15) is 0 Å². The van der Waals surface area contributed by atoms with Crippen LogP contribution in [0.3, 0.4) is 0 Å². The summed E-state index contributed by atoms with van der Waals surface area (Å²) in [5.41, 5.74) is 3.10. The van der Waals surface area contributed by atoms with E-state index in [1.54, 1.807) is 14.1 Å². The summed E-state index contributed by atoms with van der Waals surface area (Å²) in [7, 11) is 3.45. The summed E-state index contributed by atoms with van der Waals surface area (Å²) in [5.74, 6) is 0. The first-order valence-electron chi connectivity index (χ1n) is 9.44. The molecule has 0 spiro atoms. The second kappa shape index (κ2) is 11.0. The maximum Gasteiger partial charge on any atom is 0.321 e. The summed E-state index contributed by atoms with van der Waals surface area (Å²) >= 11 is 5.97. The van der Waals surface area contributed by atoms with Crippen molar-refractivity contribution in [3.05, 3.63) is 64.7 Å². The number of hydrogen-bond acceptors (Lipinski definition) is 2. The highest BCUT2D eigenvalue weighted by atomic mass is 35.5. The lowest BCUT2D eigenvalue weighted by atomic mass is 10.0. The number of unbranched alkanes of at least 4 members (excludes halogenated alkanes) is 1. The van der Waals surface area contributed by atoms with Crippen molar-refractivity contribution in [1.82, 2.24) is 4.90 Å². The van der Waals surface area contributed by atoms with Crippen LogP contribution in [0.25, 0.3) is 0 Å². The van der Waals surface area contributed by atoms with Gasteiger partial charge in [-0.1, -0.05) is 49.2 Å². The normalized spacial score (nSPS) is 11.9. The van der Waals surface area contributed by atoms with Gasteiger partial charge < -0.3 is 15.0 Å². The Labute approximate surface area is 167 Å². The number of halogens is 1. The van der Waals surface area contributed by atoms with Crippen molar-refractivity contribution in [3.8, 4) is 0 Å². The Kier molecular flexibility index (Phi) is 8.62. The summed E-state index contributed by atoms with van der Waals surface area (Å²) in [4.78, 5) is 13.4. The van der Waals surface area contributed by atoms with E-state index in [1.807, 2.05) is 30.3 Å². The molecule has 2 aromatic rings. The number of nitrogens with zero attached hydrogens (tertiary/aromatic N) is 1. The summed E-state index contributed by atoms with van der Waals surface area (Å²) in [6.07, 6.45) is 3.90. The molecule has 1 unspecified atom stereocenters. The summed E-state index contributed by atoms with van der Waals surface area (Å²) in [6, 6.07) is 15.7. The van der Waals surface area contributed by atoms with Gasteiger partial charge in [-0.3, -0.25) is 0 Å². The Hall–Kier alpha value is -2.04. The van der Waals surface area contributed by atoms with Gasteiger partial charge in [0, 0.05) is 31.4 Å². The standard InChI is InChI=1S/C22H29ClN2O2/c1-4-5-15-27-21(14-11-17-9-12-19(23)13-10-17)18-7-6-8-20(16-18)24-22(26)25(2)3/h6-10,12-13,16,21H,4-5,11,14-15H2,1-3H3,(H,24,26). The van der Waals surface area contributed by atoms with Crippen LogP contribution in [0.1, 0.15) is 43.4 Å². The number of carbonyl (C=O) groups excluding carboxylic acids is 1. The van der Waals surface area contributed by atoms with Crippen LogP contribution in [0.15, 0.2) is 48.5 Å². The number of aryl methyl sites for hydroxylation is 1. The van der Waals surface area contributed by atoms with E-state index in [1.165, 1.54) is 10.5 Å². The number of rotatable bonds is 9. The molecular formula is C22H29ClN2O2. The maximum atomic E-state index is 11.9. The zero-order chi connectivity index (χ0) is 19.6. The third kappa shape index (κ3) is 7.24. The van der Waals surface area contributed by atoms with Gasteiger partial charge in [0.25, 0.3) is 0 Å². The minimum atomic E-state index is -0.142. The van der Waals surface area contributed by atoms with E-state index in [4.69, 9.17) is 16.3 Å². The molecule has 5 heteroatoms. The van der Waals surface area contributed by atoms with E-state index >= 15 is 0 Å². The van der Waals surface area contributed by atoms with Crippen LogP contribution in [-0.2, 0) is 11.2 Å². The molecule has 2 rings (SSSR count). The summed E-state index contributed by atoms with van der Waals surface area (Å²) in [6.45, 7) is 2.89. The van der Waals surface area contributed by atoms with Crippen molar-refractivity contribution < 1.29 is 9.53 Å². The number of hydrogen-bond donors (Lipinski definition) is 1. The number of urea groups is 1. The molecule has 0 aliphatic carbocycles. The predicted octanol–water partition coefficient (Wildman–Crippen LogP) is 5.92. The van der Waals surface area contributed by atoms with E-state index in [2.05, 4.69) is 30.4 Å². The molecule has 146 valence electrons. The monoisotopic (exact) mass is 388 g/mol. The van der Waals surface area contributed by atoms with Gasteiger partial charge in [-0.15, -0.1) is 0 Å². The maximum absolute atomic E-state index is 11.9. The average Bonchev–Trinajstić information content (AvgIpc) is 2.66. The van der Waals surface area contributed by atoms with Crippen molar-refractivity contribution in [3.63, 3.8) is 0 Å². The van der Waals surface area contributed by atoms with Gasteiger partial charge in [-0.05, 0) is 54.7 Å². The molecule has 0 heterocycles. The third-order valence-corrected chi connectivity index (χ3v) is 4.59. The molecule has 2 aromatic carbocycles. The van der Waals surface area contributed by atoms with Crippen molar-refractivity contribution in [1.29, 1.82) is 0 Å². The smallest absolute Gasteiger partial charge is 0.321 e. The molecule has 0 aromatic heterocycles. The Morgan fingerprint density at radius 2 is 1.93 bits per heavy atom. The number of benzene rings is 2. The Balaban J connectivity index is 2.09. The largest absolute Gasteiger partial charge is 0.374 e. The molecule has 1 N–H and O–H groups in total. The van der Waals surface area contributed by atoms with E-state index < -0.39 is 0 Å². The van der Waals surface area contributed by atoms with Crippen LogP contribution in [0, 0.1) is 0 Å². The molecule has 2 amide bonds. The van der Waals surface area contributed by atoms with E-state index in [0.29, 0.717) is 0 Å². The topological polar surface area (TPSA) is 41.6 Å². The molecule has 0 saturated heterocycles. The first kappa shape index (κ1) is 21.3. The van der Waals surface area contributed by atoms with E-state index in [-0.39, 0.29) is 12.1 Å². The fourth-order valence-corrected chi connectivity index (χ4v) is 2.84. The number of ether oxygens (including phenoxy) is 1. The SMILES string of the molecule is CCCCOC(CCc1ccc(Cl)cc1)c1cccc(NC(=O)N(C)C)c1. The number of nitrogens with one attached hydrogen (secondary N) is 1. The average molecular weight is 389 g/mol. The second-order valence-corrected chi connectivity index (χ2v) is 7.26. The molecule has 0 radical (unpaired) electrons. The zero-order valence-corrected chi connectivity index (χ0v) is 17.1. The number of amides is 2. The zero-order valence-electron chi connectivity index (χ0n) is 16.4. The first-order valence-corrected chi connectivity index (χ1v) is 9.81. The fraction of sp³-hybridized carbons (Fsp3) is 0.409. The van der Waals surface area contributed by atoms with Crippen LogP contribution in [0.2, 0.25) is 5.02 Å². The molecule has 0 bridgehead atoms. The van der Waals surface area contributed by atoms with Crippen molar-refractivity contribution in [2.24, 2.45) is 0 Å².